The molecule has 1 aliphatic rings. The quantitative estimate of drug-likeness (QED) is 0.658. The summed E-state index contributed by atoms with van der Waals surface area (Å²) in [6.45, 7) is 7.26. The molecule has 1 fully saturated rings. The first-order chi connectivity index (χ1) is 12.6. The van der Waals surface area contributed by atoms with E-state index in [0.29, 0.717) is 5.92 Å². The zero-order valence-corrected chi connectivity index (χ0v) is 18.1. The molecule has 0 spiro atoms. The van der Waals surface area contributed by atoms with E-state index in [1.54, 1.807) is 15.9 Å². The standard InChI is InChI=1S/C19H24N4OS2.ClH/c1-13-18(25-12-21-13)11-23(10-15-5-6-20-8-15)9-14-3-4-16-17(7-14)26-19(24)22(16)2;/h3-4,7,12,15,20H,5-6,8-11H2,1-2H3;1H. The van der Waals surface area contributed by atoms with E-state index in [1.165, 1.54) is 28.2 Å². The maximum Gasteiger partial charge on any atom is 0.307 e. The molecule has 1 aromatic carbocycles. The van der Waals surface area contributed by atoms with E-state index < -0.39 is 0 Å². The zero-order chi connectivity index (χ0) is 18.1. The molecular formula is C19H25ClN4OS2. The van der Waals surface area contributed by atoms with Crippen LogP contribution in [-0.2, 0) is 20.1 Å². The fourth-order valence-corrected chi connectivity index (χ4v) is 5.40. The van der Waals surface area contributed by atoms with Crippen LogP contribution in [0.1, 0.15) is 22.6 Å². The van der Waals surface area contributed by atoms with Gasteiger partial charge in [0.2, 0.25) is 0 Å². The largest absolute Gasteiger partial charge is 0.316 e. The maximum atomic E-state index is 11.9. The number of hydrogen-bond donors (Lipinski definition) is 1. The average molecular weight is 425 g/mol. The predicted molar refractivity (Wildman–Crippen MR) is 116 cm³/mol. The van der Waals surface area contributed by atoms with E-state index in [-0.39, 0.29) is 17.3 Å². The maximum absolute atomic E-state index is 11.9. The Morgan fingerprint density at radius 2 is 2.22 bits per heavy atom. The highest BCUT2D eigenvalue weighted by Crippen LogP contribution is 2.23. The summed E-state index contributed by atoms with van der Waals surface area (Å²) in [5.41, 5.74) is 5.37. The Kier molecular flexibility index (Phi) is 6.70. The Bertz CT molecular complexity index is 958. The van der Waals surface area contributed by atoms with Crippen molar-refractivity contribution in [2.45, 2.75) is 26.4 Å². The molecule has 1 N–H and O–H groups in total. The number of fused-ring (bicyclic) bond motifs is 1. The lowest BCUT2D eigenvalue weighted by Crippen LogP contribution is -2.30. The summed E-state index contributed by atoms with van der Waals surface area (Å²) in [6, 6.07) is 6.42. The second-order valence-electron chi connectivity index (χ2n) is 7.12. The minimum Gasteiger partial charge on any atom is -0.316 e. The van der Waals surface area contributed by atoms with Crippen molar-refractivity contribution in [3.63, 3.8) is 0 Å². The number of nitrogens with one attached hydrogen (secondary N) is 1. The van der Waals surface area contributed by atoms with Crippen molar-refractivity contribution >= 4 is 45.3 Å². The lowest BCUT2D eigenvalue weighted by atomic mass is 10.1. The summed E-state index contributed by atoms with van der Waals surface area (Å²) in [6.07, 6.45) is 1.25. The van der Waals surface area contributed by atoms with Crippen molar-refractivity contribution < 1.29 is 0 Å². The third-order valence-electron chi connectivity index (χ3n) is 5.15. The van der Waals surface area contributed by atoms with Crippen LogP contribution in [0.25, 0.3) is 10.2 Å². The molecular weight excluding hydrogens is 400 g/mol. The first kappa shape index (κ1) is 20.5. The Labute approximate surface area is 173 Å². The lowest BCUT2D eigenvalue weighted by molar-refractivity contribution is 0.222. The summed E-state index contributed by atoms with van der Waals surface area (Å²) >= 11 is 3.07. The molecule has 1 saturated heterocycles. The monoisotopic (exact) mass is 424 g/mol. The minimum atomic E-state index is 0. The van der Waals surface area contributed by atoms with Gasteiger partial charge in [-0.15, -0.1) is 23.7 Å². The van der Waals surface area contributed by atoms with E-state index in [2.05, 4.69) is 40.3 Å². The van der Waals surface area contributed by atoms with Crippen LogP contribution in [0.3, 0.4) is 0 Å². The summed E-state index contributed by atoms with van der Waals surface area (Å²) in [5.74, 6) is 0.708. The van der Waals surface area contributed by atoms with Crippen LogP contribution in [0.5, 0.6) is 0 Å². The first-order valence-corrected chi connectivity index (χ1v) is 10.7. The second-order valence-corrected chi connectivity index (χ2v) is 9.05. The molecule has 1 atom stereocenters. The van der Waals surface area contributed by atoms with Gasteiger partial charge in [0.1, 0.15) is 0 Å². The first-order valence-electron chi connectivity index (χ1n) is 9.00. The van der Waals surface area contributed by atoms with Gasteiger partial charge in [0.25, 0.3) is 0 Å². The van der Waals surface area contributed by atoms with Crippen LogP contribution in [0, 0.1) is 12.8 Å². The van der Waals surface area contributed by atoms with E-state index in [9.17, 15) is 4.79 Å². The van der Waals surface area contributed by atoms with Crippen LogP contribution < -0.4 is 10.2 Å². The van der Waals surface area contributed by atoms with Crippen molar-refractivity contribution in [3.05, 3.63) is 49.5 Å². The fraction of sp³-hybridized carbons (Fsp3) is 0.474. The molecule has 0 saturated carbocycles. The van der Waals surface area contributed by atoms with Crippen molar-refractivity contribution in [2.24, 2.45) is 13.0 Å². The van der Waals surface area contributed by atoms with Gasteiger partial charge in [-0.3, -0.25) is 9.69 Å². The number of aryl methyl sites for hydroxylation is 2. The highest BCUT2D eigenvalue weighted by Gasteiger charge is 2.20. The Morgan fingerprint density at radius 3 is 2.93 bits per heavy atom. The van der Waals surface area contributed by atoms with Crippen LogP contribution in [0.15, 0.2) is 28.5 Å². The molecule has 3 aromatic rings. The predicted octanol–water partition coefficient (Wildman–Crippen LogP) is 3.40. The van der Waals surface area contributed by atoms with Gasteiger partial charge >= 0.3 is 4.87 Å². The highest BCUT2D eigenvalue weighted by atomic mass is 35.5. The number of nitrogens with zero attached hydrogens (tertiary/aromatic N) is 3. The molecule has 4 rings (SSSR count). The summed E-state index contributed by atoms with van der Waals surface area (Å²) < 4.78 is 2.80. The van der Waals surface area contributed by atoms with Gasteiger partial charge in [0, 0.05) is 31.6 Å². The van der Waals surface area contributed by atoms with Crippen LogP contribution in [0.2, 0.25) is 0 Å². The molecule has 146 valence electrons. The Hall–Kier alpha value is -1.25. The van der Waals surface area contributed by atoms with Crippen LogP contribution >= 0.6 is 35.1 Å². The van der Waals surface area contributed by atoms with Gasteiger partial charge in [-0.05, 0) is 50.0 Å². The SMILES string of the molecule is Cc1ncsc1CN(Cc1ccc2c(c1)sc(=O)n2C)CC1CCNC1.Cl. The smallest absolute Gasteiger partial charge is 0.307 e. The molecule has 0 bridgehead atoms. The minimum absolute atomic E-state index is 0. The lowest BCUT2D eigenvalue weighted by Gasteiger charge is -2.25. The molecule has 0 amide bonds. The number of benzene rings is 1. The topological polar surface area (TPSA) is 50.2 Å². The molecule has 2 aromatic heterocycles. The number of rotatable bonds is 6. The van der Waals surface area contributed by atoms with Crippen molar-refractivity contribution in [1.82, 2.24) is 19.8 Å². The molecule has 1 aliphatic heterocycles. The van der Waals surface area contributed by atoms with Crippen molar-refractivity contribution in [3.8, 4) is 0 Å². The van der Waals surface area contributed by atoms with Gasteiger partial charge in [0.15, 0.2) is 0 Å². The molecule has 8 heteroatoms. The molecule has 0 radical (unpaired) electrons. The third kappa shape index (κ3) is 4.60. The normalized spacial score (nSPS) is 16.9. The van der Waals surface area contributed by atoms with E-state index in [0.717, 1.165) is 48.6 Å². The molecule has 5 nitrogen and oxygen atoms in total. The van der Waals surface area contributed by atoms with Gasteiger partial charge in [0.05, 0.1) is 21.4 Å². The Morgan fingerprint density at radius 1 is 1.37 bits per heavy atom. The molecule has 1 unspecified atom stereocenters. The van der Waals surface area contributed by atoms with Crippen molar-refractivity contribution in [1.29, 1.82) is 0 Å². The van der Waals surface area contributed by atoms with Crippen molar-refractivity contribution in [2.75, 3.05) is 19.6 Å². The number of aromatic nitrogens is 2. The number of hydrogen-bond acceptors (Lipinski definition) is 6. The third-order valence-corrected chi connectivity index (χ3v) is 7.07. The highest BCUT2D eigenvalue weighted by molar-refractivity contribution is 7.16. The van der Waals surface area contributed by atoms with Gasteiger partial charge in [-0.2, -0.15) is 0 Å². The fourth-order valence-electron chi connectivity index (χ4n) is 3.64. The average Bonchev–Trinajstić information content (AvgIpc) is 3.32. The van der Waals surface area contributed by atoms with Crippen LogP contribution in [-0.4, -0.2) is 34.1 Å². The molecule has 3 heterocycles. The summed E-state index contributed by atoms with van der Waals surface area (Å²) in [4.78, 5) is 20.3. The summed E-state index contributed by atoms with van der Waals surface area (Å²) in [5, 5.41) is 3.47. The van der Waals surface area contributed by atoms with E-state index in [1.807, 2.05) is 12.6 Å². The van der Waals surface area contributed by atoms with Gasteiger partial charge < -0.3 is 9.88 Å². The van der Waals surface area contributed by atoms with Crippen LogP contribution in [0.4, 0.5) is 0 Å². The molecule has 0 aliphatic carbocycles. The Balaban J connectivity index is 0.00000210. The molecule has 27 heavy (non-hydrogen) atoms. The number of halogens is 1. The summed E-state index contributed by atoms with van der Waals surface area (Å²) in [7, 11) is 1.84. The second kappa shape index (κ2) is 8.84. The number of thiazole rings is 2. The zero-order valence-electron chi connectivity index (χ0n) is 15.6. The van der Waals surface area contributed by atoms with Gasteiger partial charge in [-0.25, -0.2) is 4.98 Å². The van der Waals surface area contributed by atoms with Gasteiger partial charge in [-0.1, -0.05) is 17.4 Å². The van der Waals surface area contributed by atoms with E-state index >= 15 is 0 Å². The van der Waals surface area contributed by atoms with E-state index in [4.69, 9.17) is 0 Å².